The number of thioether (sulfide) groups is 1. The number of rotatable bonds is 5. The van der Waals surface area contributed by atoms with Gasteiger partial charge < -0.3 is 5.32 Å². The van der Waals surface area contributed by atoms with Gasteiger partial charge in [-0.2, -0.15) is 0 Å². The summed E-state index contributed by atoms with van der Waals surface area (Å²) in [5, 5.41) is 2.80. The summed E-state index contributed by atoms with van der Waals surface area (Å²) in [6.45, 7) is 2.01. The molecule has 29 heavy (non-hydrogen) atoms. The average Bonchev–Trinajstić information content (AvgIpc) is 2.98. The molecule has 1 N–H and O–H groups in total. The zero-order valence-corrected chi connectivity index (χ0v) is 16.5. The first-order valence-electron chi connectivity index (χ1n) is 9.10. The van der Waals surface area contributed by atoms with Gasteiger partial charge in [0.1, 0.15) is 0 Å². The number of nitrogens with zero attached hydrogens (tertiary/aromatic N) is 1. The van der Waals surface area contributed by atoms with Crippen LogP contribution < -0.4 is 10.2 Å². The number of carbonyl (C=O) groups is 3. The Labute approximate surface area is 172 Å². The number of carbonyl (C=O) groups excluding carboxylic acids is 3. The minimum atomic E-state index is -0.388. The van der Waals surface area contributed by atoms with Gasteiger partial charge in [-0.05, 0) is 49.4 Å². The van der Waals surface area contributed by atoms with Crippen LogP contribution in [0.1, 0.15) is 26.3 Å². The smallest absolute Gasteiger partial charge is 0.266 e. The Hall–Kier alpha value is -3.38. The topological polar surface area (TPSA) is 66.5 Å². The van der Waals surface area contributed by atoms with Gasteiger partial charge in [0.25, 0.3) is 11.8 Å². The number of imide groups is 1. The van der Waals surface area contributed by atoms with Crippen molar-refractivity contribution in [2.24, 2.45) is 0 Å². The molecule has 0 aromatic heterocycles. The van der Waals surface area contributed by atoms with Crippen LogP contribution in [0.2, 0.25) is 0 Å². The Balaban J connectivity index is 1.46. The van der Waals surface area contributed by atoms with E-state index < -0.39 is 0 Å². The molecule has 3 aromatic rings. The van der Waals surface area contributed by atoms with Crippen molar-refractivity contribution in [3.05, 3.63) is 89.5 Å². The van der Waals surface area contributed by atoms with Gasteiger partial charge in [-0.3, -0.25) is 14.4 Å². The van der Waals surface area contributed by atoms with E-state index in [1.54, 1.807) is 42.5 Å². The van der Waals surface area contributed by atoms with Crippen LogP contribution in [0.4, 0.5) is 11.4 Å². The molecule has 5 nitrogen and oxygen atoms in total. The van der Waals surface area contributed by atoms with Gasteiger partial charge in [-0.15, -0.1) is 11.8 Å². The summed E-state index contributed by atoms with van der Waals surface area (Å²) in [5.41, 5.74) is 2.82. The third kappa shape index (κ3) is 3.93. The maximum absolute atomic E-state index is 12.8. The lowest BCUT2D eigenvalue weighted by Crippen LogP contribution is -2.29. The van der Waals surface area contributed by atoms with Crippen molar-refractivity contribution in [3.63, 3.8) is 0 Å². The fourth-order valence-corrected chi connectivity index (χ4v) is 3.81. The van der Waals surface area contributed by atoms with Crippen LogP contribution in [0.15, 0.2) is 77.7 Å². The predicted molar refractivity (Wildman–Crippen MR) is 115 cm³/mol. The van der Waals surface area contributed by atoms with Gasteiger partial charge in [-0.1, -0.05) is 35.9 Å². The second-order valence-corrected chi connectivity index (χ2v) is 7.74. The summed E-state index contributed by atoms with van der Waals surface area (Å²) in [6, 6.07) is 21.6. The van der Waals surface area contributed by atoms with E-state index in [2.05, 4.69) is 5.32 Å². The van der Waals surface area contributed by atoms with Crippen LogP contribution in [-0.2, 0) is 4.79 Å². The quantitative estimate of drug-likeness (QED) is 0.503. The summed E-state index contributed by atoms with van der Waals surface area (Å²) in [5.74, 6) is -0.666. The molecule has 0 saturated heterocycles. The molecule has 3 aromatic carbocycles. The fraction of sp³-hybridized carbons (Fsp3) is 0.0870. The number of anilines is 2. The molecule has 1 aliphatic heterocycles. The summed E-state index contributed by atoms with van der Waals surface area (Å²) < 4.78 is 0. The minimum absolute atomic E-state index is 0.174. The number of nitrogens with one attached hydrogen (secondary N) is 1. The van der Waals surface area contributed by atoms with E-state index in [0.717, 1.165) is 9.80 Å². The van der Waals surface area contributed by atoms with Gasteiger partial charge in [-0.25, -0.2) is 4.90 Å². The third-order valence-corrected chi connectivity index (χ3v) is 5.59. The lowest BCUT2D eigenvalue weighted by molar-refractivity contribution is -0.113. The van der Waals surface area contributed by atoms with E-state index in [-0.39, 0.29) is 23.5 Å². The third-order valence-electron chi connectivity index (χ3n) is 4.58. The van der Waals surface area contributed by atoms with Gasteiger partial charge in [0.15, 0.2) is 0 Å². The first-order chi connectivity index (χ1) is 14.0. The average molecular weight is 402 g/mol. The predicted octanol–water partition coefficient (Wildman–Crippen LogP) is 4.53. The number of hydrogen-bond donors (Lipinski definition) is 1. The molecule has 0 aliphatic carbocycles. The van der Waals surface area contributed by atoms with Crippen molar-refractivity contribution >= 4 is 40.9 Å². The summed E-state index contributed by atoms with van der Waals surface area (Å²) in [6.07, 6.45) is 0. The number of para-hydroxylation sites is 1. The second-order valence-electron chi connectivity index (χ2n) is 6.69. The first kappa shape index (κ1) is 19.0. The minimum Gasteiger partial charge on any atom is -0.325 e. The molecule has 0 fully saturated rings. The van der Waals surface area contributed by atoms with Crippen molar-refractivity contribution in [3.8, 4) is 0 Å². The summed E-state index contributed by atoms with van der Waals surface area (Å²) >= 11 is 1.44. The van der Waals surface area contributed by atoms with Crippen molar-refractivity contribution in [1.82, 2.24) is 0 Å². The maximum atomic E-state index is 12.8. The second kappa shape index (κ2) is 7.93. The molecular formula is C23H18N2O3S. The Morgan fingerprint density at radius 3 is 2.31 bits per heavy atom. The SMILES string of the molecule is Cc1ccc(SCC(=O)Nc2ccc3c(c2)C(=O)N(c2ccccc2)C3=O)cc1. The van der Waals surface area contributed by atoms with E-state index in [1.165, 1.54) is 17.3 Å². The van der Waals surface area contributed by atoms with Crippen molar-refractivity contribution in [2.45, 2.75) is 11.8 Å². The van der Waals surface area contributed by atoms with Crippen LogP contribution in [0.3, 0.4) is 0 Å². The Morgan fingerprint density at radius 2 is 1.59 bits per heavy atom. The lowest BCUT2D eigenvalue weighted by atomic mass is 10.1. The standard InChI is InChI=1S/C23H18N2O3S/c1-15-7-10-18(11-8-15)29-14-21(26)24-16-9-12-19-20(13-16)23(28)25(22(19)27)17-5-3-2-4-6-17/h2-13H,14H2,1H3,(H,24,26). The number of amides is 3. The molecule has 0 bridgehead atoms. The van der Waals surface area contributed by atoms with Gasteiger partial charge in [0.2, 0.25) is 5.91 Å². The molecule has 1 heterocycles. The summed E-state index contributed by atoms with van der Waals surface area (Å²) in [4.78, 5) is 39.9. The number of aryl methyl sites for hydroxylation is 1. The van der Waals surface area contributed by atoms with Crippen LogP contribution >= 0.6 is 11.8 Å². The van der Waals surface area contributed by atoms with Crippen molar-refractivity contribution in [1.29, 1.82) is 0 Å². The summed E-state index contributed by atoms with van der Waals surface area (Å²) in [7, 11) is 0. The molecule has 144 valence electrons. The van der Waals surface area contributed by atoms with E-state index in [1.807, 2.05) is 37.3 Å². The lowest BCUT2D eigenvalue weighted by Gasteiger charge is -2.13. The molecule has 0 atom stereocenters. The molecular weight excluding hydrogens is 384 g/mol. The molecule has 1 aliphatic rings. The Morgan fingerprint density at radius 1 is 0.897 bits per heavy atom. The van der Waals surface area contributed by atoms with E-state index in [0.29, 0.717) is 22.5 Å². The Bertz CT molecular complexity index is 1090. The van der Waals surface area contributed by atoms with Crippen LogP contribution in [0, 0.1) is 6.92 Å². The molecule has 0 unspecified atom stereocenters. The zero-order chi connectivity index (χ0) is 20.4. The monoisotopic (exact) mass is 402 g/mol. The van der Waals surface area contributed by atoms with E-state index in [9.17, 15) is 14.4 Å². The highest BCUT2D eigenvalue weighted by atomic mass is 32.2. The largest absolute Gasteiger partial charge is 0.325 e. The molecule has 3 amide bonds. The molecule has 0 spiro atoms. The maximum Gasteiger partial charge on any atom is 0.266 e. The number of fused-ring (bicyclic) bond motifs is 1. The van der Waals surface area contributed by atoms with Crippen LogP contribution in [0.25, 0.3) is 0 Å². The number of hydrogen-bond acceptors (Lipinski definition) is 4. The molecule has 0 saturated carbocycles. The highest BCUT2D eigenvalue weighted by Gasteiger charge is 2.36. The van der Waals surface area contributed by atoms with Crippen molar-refractivity contribution < 1.29 is 14.4 Å². The molecule has 6 heteroatoms. The van der Waals surface area contributed by atoms with Crippen LogP contribution in [0.5, 0.6) is 0 Å². The zero-order valence-electron chi connectivity index (χ0n) is 15.7. The molecule has 4 rings (SSSR count). The van der Waals surface area contributed by atoms with E-state index in [4.69, 9.17) is 0 Å². The molecule has 0 radical (unpaired) electrons. The highest BCUT2D eigenvalue weighted by molar-refractivity contribution is 8.00. The normalized spacial score (nSPS) is 12.8. The van der Waals surface area contributed by atoms with Gasteiger partial charge >= 0.3 is 0 Å². The van der Waals surface area contributed by atoms with Gasteiger partial charge in [0, 0.05) is 10.6 Å². The fourth-order valence-electron chi connectivity index (χ4n) is 3.11. The Kier molecular flexibility index (Phi) is 5.18. The highest BCUT2D eigenvalue weighted by Crippen LogP contribution is 2.30. The van der Waals surface area contributed by atoms with Crippen molar-refractivity contribution in [2.75, 3.05) is 16.0 Å². The van der Waals surface area contributed by atoms with Gasteiger partial charge in [0.05, 0.1) is 22.6 Å². The number of benzene rings is 3. The first-order valence-corrected chi connectivity index (χ1v) is 10.1. The van der Waals surface area contributed by atoms with E-state index >= 15 is 0 Å². The van der Waals surface area contributed by atoms with Crippen LogP contribution in [-0.4, -0.2) is 23.5 Å².